The maximum absolute atomic E-state index is 12.9. The first-order valence-corrected chi connectivity index (χ1v) is 10.2. The van der Waals surface area contributed by atoms with Gasteiger partial charge in [-0.1, -0.05) is 26.0 Å². The second-order valence-electron chi connectivity index (χ2n) is 6.84. The topological polar surface area (TPSA) is 84.5 Å². The fraction of sp³-hybridized carbons (Fsp3) is 0.350. The lowest BCUT2D eigenvalue weighted by atomic mass is 10.1. The van der Waals surface area contributed by atoms with E-state index < -0.39 is 10.0 Å². The van der Waals surface area contributed by atoms with Gasteiger partial charge in [0.05, 0.1) is 23.3 Å². The maximum atomic E-state index is 12.9. The predicted octanol–water partition coefficient (Wildman–Crippen LogP) is 3.50. The highest BCUT2D eigenvalue weighted by Gasteiger charge is 2.21. The summed E-state index contributed by atoms with van der Waals surface area (Å²) in [7, 11) is -2.32. The fourth-order valence-electron chi connectivity index (χ4n) is 2.63. The van der Waals surface area contributed by atoms with E-state index in [0.29, 0.717) is 29.3 Å². The SMILES string of the molecule is COc1cc(C)c(S(=O)(=O)Nc2ccccc2C(=O)NCC(C)C)cc1C. The highest BCUT2D eigenvalue weighted by atomic mass is 32.2. The summed E-state index contributed by atoms with van der Waals surface area (Å²) in [6.45, 7) is 7.98. The lowest BCUT2D eigenvalue weighted by Gasteiger charge is -2.16. The van der Waals surface area contributed by atoms with Crippen LogP contribution in [0, 0.1) is 19.8 Å². The summed E-state index contributed by atoms with van der Waals surface area (Å²) in [4.78, 5) is 12.6. The normalized spacial score (nSPS) is 11.3. The Morgan fingerprint density at radius 2 is 1.78 bits per heavy atom. The fourth-order valence-corrected chi connectivity index (χ4v) is 4.03. The third kappa shape index (κ3) is 5.01. The van der Waals surface area contributed by atoms with E-state index in [1.807, 2.05) is 13.8 Å². The summed E-state index contributed by atoms with van der Waals surface area (Å²) >= 11 is 0. The van der Waals surface area contributed by atoms with Crippen molar-refractivity contribution >= 4 is 21.6 Å². The van der Waals surface area contributed by atoms with Crippen molar-refractivity contribution in [2.45, 2.75) is 32.6 Å². The molecule has 0 atom stereocenters. The monoisotopic (exact) mass is 390 g/mol. The predicted molar refractivity (Wildman–Crippen MR) is 107 cm³/mol. The average Bonchev–Trinajstić information content (AvgIpc) is 2.61. The third-order valence-electron chi connectivity index (χ3n) is 4.07. The van der Waals surface area contributed by atoms with E-state index in [-0.39, 0.29) is 22.1 Å². The lowest BCUT2D eigenvalue weighted by Crippen LogP contribution is -2.28. The van der Waals surface area contributed by atoms with E-state index in [1.165, 1.54) is 0 Å². The van der Waals surface area contributed by atoms with Crippen molar-refractivity contribution in [1.29, 1.82) is 0 Å². The Balaban J connectivity index is 2.37. The molecule has 6 nitrogen and oxygen atoms in total. The number of hydrogen-bond acceptors (Lipinski definition) is 4. The summed E-state index contributed by atoms with van der Waals surface area (Å²) in [6.07, 6.45) is 0. The Labute approximate surface area is 161 Å². The van der Waals surface area contributed by atoms with Gasteiger partial charge in [0.2, 0.25) is 0 Å². The van der Waals surface area contributed by atoms with Crippen LogP contribution < -0.4 is 14.8 Å². The second kappa shape index (κ2) is 8.43. The molecule has 2 aromatic rings. The number of rotatable bonds is 7. The van der Waals surface area contributed by atoms with Crippen LogP contribution in [-0.2, 0) is 10.0 Å². The van der Waals surface area contributed by atoms with Crippen molar-refractivity contribution in [2.75, 3.05) is 18.4 Å². The first kappa shape index (κ1) is 20.8. The quantitative estimate of drug-likeness (QED) is 0.758. The molecule has 27 heavy (non-hydrogen) atoms. The molecule has 7 heteroatoms. The van der Waals surface area contributed by atoms with Crippen LogP contribution in [0.4, 0.5) is 5.69 Å². The van der Waals surface area contributed by atoms with Crippen molar-refractivity contribution in [2.24, 2.45) is 5.92 Å². The molecule has 0 heterocycles. The van der Waals surface area contributed by atoms with Crippen LogP contribution in [0.15, 0.2) is 41.3 Å². The molecule has 0 unspecified atom stereocenters. The number of ether oxygens (including phenoxy) is 1. The number of benzene rings is 2. The Morgan fingerprint density at radius 1 is 1.11 bits per heavy atom. The highest BCUT2D eigenvalue weighted by molar-refractivity contribution is 7.92. The first-order valence-electron chi connectivity index (χ1n) is 8.71. The maximum Gasteiger partial charge on any atom is 0.262 e. The van der Waals surface area contributed by atoms with Crippen LogP contribution in [-0.4, -0.2) is 28.0 Å². The van der Waals surface area contributed by atoms with Gasteiger partial charge >= 0.3 is 0 Å². The molecule has 2 aromatic carbocycles. The Kier molecular flexibility index (Phi) is 6.49. The van der Waals surface area contributed by atoms with Gasteiger partial charge in [0, 0.05) is 6.54 Å². The van der Waals surface area contributed by atoms with Crippen molar-refractivity contribution < 1.29 is 17.9 Å². The van der Waals surface area contributed by atoms with E-state index in [4.69, 9.17) is 4.74 Å². The van der Waals surface area contributed by atoms with E-state index in [9.17, 15) is 13.2 Å². The zero-order valence-corrected chi connectivity index (χ0v) is 17.1. The van der Waals surface area contributed by atoms with Gasteiger partial charge in [-0.3, -0.25) is 9.52 Å². The summed E-state index contributed by atoms with van der Waals surface area (Å²) < 4.78 is 33.7. The Morgan fingerprint density at radius 3 is 2.41 bits per heavy atom. The van der Waals surface area contributed by atoms with Gasteiger partial charge in [-0.05, 0) is 55.2 Å². The van der Waals surface area contributed by atoms with E-state index in [1.54, 1.807) is 57.4 Å². The van der Waals surface area contributed by atoms with Crippen molar-refractivity contribution in [3.8, 4) is 5.75 Å². The minimum absolute atomic E-state index is 0.151. The van der Waals surface area contributed by atoms with E-state index >= 15 is 0 Å². The molecule has 2 N–H and O–H groups in total. The molecule has 0 aromatic heterocycles. The van der Waals surface area contributed by atoms with Crippen LogP contribution in [0.25, 0.3) is 0 Å². The first-order chi connectivity index (χ1) is 12.7. The van der Waals surface area contributed by atoms with Gasteiger partial charge < -0.3 is 10.1 Å². The third-order valence-corrected chi connectivity index (χ3v) is 5.58. The van der Waals surface area contributed by atoms with Gasteiger partial charge in [-0.15, -0.1) is 0 Å². The number of methoxy groups -OCH3 is 1. The minimum atomic E-state index is -3.86. The number of carbonyl (C=O) groups excluding carboxylic acids is 1. The molecular weight excluding hydrogens is 364 g/mol. The van der Waals surface area contributed by atoms with Crippen molar-refractivity contribution in [3.05, 3.63) is 53.1 Å². The Hall–Kier alpha value is -2.54. The molecule has 0 bridgehead atoms. The summed E-state index contributed by atoms with van der Waals surface area (Å²) in [5, 5.41) is 2.81. The van der Waals surface area contributed by atoms with Crippen LogP contribution in [0.1, 0.15) is 35.3 Å². The van der Waals surface area contributed by atoms with Crippen LogP contribution in [0.2, 0.25) is 0 Å². The van der Waals surface area contributed by atoms with Gasteiger partial charge in [0.1, 0.15) is 5.75 Å². The smallest absolute Gasteiger partial charge is 0.262 e. The molecule has 0 saturated carbocycles. The summed E-state index contributed by atoms with van der Waals surface area (Å²) in [5.74, 6) is 0.604. The standard InChI is InChI=1S/C20H26N2O4S/c1-13(2)12-21-20(23)16-8-6-7-9-17(16)22-27(24,25)19-11-14(3)18(26-5)10-15(19)4/h6-11,13,22H,12H2,1-5H3,(H,21,23). The number of hydrogen-bond donors (Lipinski definition) is 2. The molecule has 0 radical (unpaired) electrons. The number of aryl methyl sites for hydroxylation is 2. The van der Waals surface area contributed by atoms with Gasteiger partial charge in [0.25, 0.3) is 15.9 Å². The molecule has 0 aliphatic carbocycles. The second-order valence-corrected chi connectivity index (χ2v) is 8.49. The number of para-hydroxylation sites is 1. The molecule has 0 aliphatic rings. The molecule has 0 fully saturated rings. The molecule has 0 aliphatic heterocycles. The zero-order chi connectivity index (χ0) is 20.2. The lowest BCUT2D eigenvalue weighted by molar-refractivity contribution is 0.0950. The van der Waals surface area contributed by atoms with E-state index in [2.05, 4.69) is 10.0 Å². The molecule has 0 saturated heterocycles. The van der Waals surface area contributed by atoms with E-state index in [0.717, 1.165) is 0 Å². The van der Waals surface area contributed by atoms with Crippen LogP contribution >= 0.6 is 0 Å². The summed E-state index contributed by atoms with van der Waals surface area (Å²) in [6, 6.07) is 9.81. The van der Waals surface area contributed by atoms with Gasteiger partial charge in [-0.25, -0.2) is 8.42 Å². The molecule has 2 rings (SSSR count). The van der Waals surface area contributed by atoms with Crippen LogP contribution in [0.3, 0.4) is 0 Å². The summed E-state index contributed by atoms with van der Waals surface area (Å²) in [5.41, 5.74) is 1.80. The van der Waals surface area contributed by atoms with Crippen LogP contribution in [0.5, 0.6) is 5.75 Å². The number of amides is 1. The molecule has 146 valence electrons. The number of sulfonamides is 1. The number of carbonyl (C=O) groups is 1. The molecule has 0 spiro atoms. The van der Waals surface area contributed by atoms with Gasteiger partial charge in [0.15, 0.2) is 0 Å². The average molecular weight is 391 g/mol. The van der Waals surface area contributed by atoms with Crippen molar-refractivity contribution in [1.82, 2.24) is 5.32 Å². The number of anilines is 1. The minimum Gasteiger partial charge on any atom is -0.496 e. The zero-order valence-electron chi connectivity index (χ0n) is 16.3. The molecular formula is C20H26N2O4S. The van der Waals surface area contributed by atoms with Crippen molar-refractivity contribution in [3.63, 3.8) is 0 Å². The highest BCUT2D eigenvalue weighted by Crippen LogP contribution is 2.28. The number of nitrogens with one attached hydrogen (secondary N) is 2. The Bertz CT molecular complexity index is 937. The van der Waals surface area contributed by atoms with Gasteiger partial charge in [-0.2, -0.15) is 0 Å². The molecule has 1 amide bonds. The largest absolute Gasteiger partial charge is 0.496 e.